The van der Waals surface area contributed by atoms with Crippen molar-refractivity contribution in [1.82, 2.24) is 19.5 Å². The van der Waals surface area contributed by atoms with Gasteiger partial charge in [0, 0.05) is 44.0 Å². The smallest absolute Gasteiger partial charge is 0.408 e. The lowest BCUT2D eigenvalue weighted by atomic mass is 10.1. The minimum atomic E-state index is -4.75. The Bertz CT molecular complexity index is 1440. The third-order valence-corrected chi connectivity index (χ3v) is 8.02. The minimum absolute atomic E-state index is 0.137. The molecule has 39 heavy (non-hydrogen) atoms. The minimum Gasteiger partial charge on any atom is -0.489 e. The molecule has 11 nitrogen and oxygen atoms in total. The lowest BCUT2D eigenvalue weighted by Gasteiger charge is -2.23. The van der Waals surface area contributed by atoms with Crippen molar-refractivity contribution in [3.8, 4) is 5.75 Å². The van der Waals surface area contributed by atoms with Crippen molar-refractivity contribution in [3.63, 3.8) is 0 Å². The van der Waals surface area contributed by atoms with E-state index in [0.29, 0.717) is 6.92 Å². The van der Waals surface area contributed by atoms with Crippen LogP contribution in [0.1, 0.15) is 23.0 Å². The monoisotopic (exact) mass is 575 g/mol. The number of ether oxygens (including phenoxy) is 1. The van der Waals surface area contributed by atoms with Gasteiger partial charge in [-0.15, -0.1) is 0 Å². The number of benzene rings is 1. The number of nitrogens with zero attached hydrogens (tertiary/aromatic N) is 2. The number of carbonyl (C=O) groups is 3. The Kier molecular flexibility index (Phi) is 7.37. The quantitative estimate of drug-likeness (QED) is 0.373. The summed E-state index contributed by atoms with van der Waals surface area (Å²) in [6.45, 7) is 1.56. The van der Waals surface area contributed by atoms with Gasteiger partial charge in [-0.3, -0.25) is 14.4 Å². The van der Waals surface area contributed by atoms with Crippen LogP contribution in [0.2, 0.25) is 0 Å². The SMILES string of the molecule is Cc1cc(NC(=O)c2c3c(cn2C)S(=O)(=O)N[C@@H]2CN(C(=O)C(=O)N[C@H](C)C(F)(F)F)C[C@H]2CO3)ccc1F. The first-order chi connectivity index (χ1) is 18.1. The summed E-state index contributed by atoms with van der Waals surface area (Å²) in [5.41, 5.74) is 0.414. The molecule has 1 aromatic carbocycles. The number of hydrogen-bond acceptors (Lipinski definition) is 6. The van der Waals surface area contributed by atoms with Crippen molar-refractivity contribution in [3.05, 3.63) is 41.5 Å². The van der Waals surface area contributed by atoms with Crippen molar-refractivity contribution < 1.29 is 45.1 Å². The van der Waals surface area contributed by atoms with Crippen molar-refractivity contribution in [1.29, 1.82) is 0 Å². The summed E-state index contributed by atoms with van der Waals surface area (Å²) in [5, 5.41) is 4.16. The maximum atomic E-state index is 13.6. The largest absolute Gasteiger partial charge is 0.489 e. The second-order valence-corrected chi connectivity index (χ2v) is 11.1. The summed E-state index contributed by atoms with van der Waals surface area (Å²) in [5.74, 6) is -4.84. The molecule has 1 fully saturated rings. The van der Waals surface area contributed by atoms with Crippen molar-refractivity contribution in [2.45, 2.75) is 37.0 Å². The number of anilines is 1. The molecule has 212 valence electrons. The second kappa shape index (κ2) is 10.1. The van der Waals surface area contributed by atoms with Gasteiger partial charge in [0.2, 0.25) is 10.0 Å². The maximum absolute atomic E-state index is 13.6. The van der Waals surface area contributed by atoms with Crippen LogP contribution in [0.4, 0.5) is 23.2 Å². The Labute approximate surface area is 220 Å². The highest BCUT2D eigenvalue weighted by atomic mass is 32.2. The first-order valence-electron chi connectivity index (χ1n) is 11.7. The van der Waals surface area contributed by atoms with Gasteiger partial charge in [0.1, 0.15) is 16.8 Å². The van der Waals surface area contributed by atoms with E-state index < -0.39 is 57.7 Å². The van der Waals surface area contributed by atoms with Crippen molar-refractivity contribution in [2.24, 2.45) is 13.0 Å². The van der Waals surface area contributed by atoms with Crippen molar-refractivity contribution in [2.75, 3.05) is 25.0 Å². The van der Waals surface area contributed by atoms with Gasteiger partial charge in [0.15, 0.2) is 11.4 Å². The van der Waals surface area contributed by atoms with Crippen LogP contribution in [-0.4, -0.2) is 73.6 Å². The van der Waals surface area contributed by atoms with E-state index in [0.717, 1.165) is 4.90 Å². The van der Waals surface area contributed by atoms with Crippen LogP contribution in [0.3, 0.4) is 0 Å². The molecule has 2 aliphatic heterocycles. The molecule has 1 saturated heterocycles. The van der Waals surface area contributed by atoms with E-state index in [4.69, 9.17) is 4.74 Å². The standard InChI is InChI=1S/C23H25F4N5O6S/c1-11-6-14(4-5-15(11)24)29-20(33)18-19-17(9-31(18)3)39(36,37)30-16-8-32(7-13(16)10-38-19)22(35)21(34)28-12(2)23(25,26)27/h4-6,9,12-13,16,30H,7-8,10H2,1-3H3,(H,28,34)(H,29,33)/t12-,13+,16-/m1/s1. The number of aryl methyl sites for hydroxylation is 2. The molecule has 1 aromatic heterocycles. The van der Waals surface area contributed by atoms with E-state index in [2.05, 4.69) is 10.0 Å². The molecule has 2 aliphatic rings. The van der Waals surface area contributed by atoms with E-state index in [1.54, 1.807) is 5.32 Å². The van der Waals surface area contributed by atoms with Gasteiger partial charge in [-0.1, -0.05) is 0 Å². The van der Waals surface area contributed by atoms with Crippen LogP contribution in [0, 0.1) is 18.7 Å². The number of aromatic nitrogens is 1. The van der Waals surface area contributed by atoms with E-state index >= 15 is 0 Å². The average molecular weight is 576 g/mol. The summed E-state index contributed by atoms with van der Waals surface area (Å²) < 4.78 is 87.8. The lowest BCUT2D eigenvalue weighted by Crippen LogP contribution is -2.50. The van der Waals surface area contributed by atoms with E-state index in [-0.39, 0.29) is 47.3 Å². The topological polar surface area (TPSA) is 139 Å². The van der Waals surface area contributed by atoms with E-state index in [1.807, 2.05) is 0 Å². The number of alkyl halides is 3. The van der Waals surface area contributed by atoms with Crippen LogP contribution in [0.5, 0.6) is 5.75 Å². The molecule has 0 saturated carbocycles. The molecule has 3 amide bonds. The third-order valence-electron chi connectivity index (χ3n) is 6.53. The van der Waals surface area contributed by atoms with Crippen LogP contribution in [-0.2, 0) is 26.7 Å². The summed E-state index contributed by atoms with van der Waals surface area (Å²) in [7, 11) is -2.86. The second-order valence-electron chi connectivity index (χ2n) is 9.45. The van der Waals surface area contributed by atoms with Gasteiger partial charge in [-0.05, 0) is 37.6 Å². The maximum Gasteiger partial charge on any atom is 0.408 e. The molecule has 0 spiro atoms. The van der Waals surface area contributed by atoms with E-state index in [1.165, 1.54) is 42.9 Å². The Morgan fingerprint density at radius 2 is 1.90 bits per heavy atom. The molecular weight excluding hydrogens is 550 g/mol. The van der Waals surface area contributed by atoms with Gasteiger partial charge < -0.3 is 24.8 Å². The third kappa shape index (κ3) is 5.71. The number of carbonyl (C=O) groups excluding carboxylic acids is 3. The van der Waals surface area contributed by atoms with Gasteiger partial charge in [-0.2, -0.15) is 13.2 Å². The number of rotatable bonds is 3. The first-order valence-corrected chi connectivity index (χ1v) is 13.1. The fourth-order valence-electron chi connectivity index (χ4n) is 4.36. The summed E-state index contributed by atoms with van der Waals surface area (Å²) in [4.78, 5) is 38.3. The predicted octanol–water partition coefficient (Wildman–Crippen LogP) is 1.29. The molecule has 3 atom stereocenters. The number of fused-ring (bicyclic) bond motifs is 2. The molecule has 0 radical (unpaired) electrons. The van der Waals surface area contributed by atoms with Gasteiger partial charge in [0.05, 0.1) is 6.61 Å². The number of hydrogen-bond donors (Lipinski definition) is 3. The summed E-state index contributed by atoms with van der Waals surface area (Å²) >= 11 is 0. The Morgan fingerprint density at radius 1 is 1.21 bits per heavy atom. The Morgan fingerprint density at radius 3 is 2.54 bits per heavy atom. The van der Waals surface area contributed by atoms with E-state index in [9.17, 15) is 40.4 Å². The van der Waals surface area contributed by atoms with Gasteiger partial charge >= 0.3 is 18.0 Å². The van der Waals surface area contributed by atoms with Crippen LogP contribution in [0.15, 0.2) is 29.3 Å². The number of likely N-dealkylation sites (tertiary alicyclic amines) is 1. The number of halogens is 4. The Hall–Kier alpha value is -3.66. The zero-order valence-electron chi connectivity index (χ0n) is 20.9. The number of sulfonamides is 1. The highest BCUT2D eigenvalue weighted by molar-refractivity contribution is 7.89. The van der Waals surface area contributed by atoms with Crippen LogP contribution in [0.25, 0.3) is 0 Å². The Balaban J connectivity index is 1.54. The van der Waals surface area contributed by atoms with Gasteiger partial charge in [-0.25, -0.2) is 17.5 Å². The molecule has 4 rings (SSSR count). The number of nitrogens with one attached hydrogen (secondary N) is 3. The van der Waals surface area contributed by atoms with Gasteiger partial charge in [0.25, 0.3) is 5.91 Å². The zero-order chi connectivity index (χ0) is 28.9. The molecule has 3 N–H and O–H groups in total. The fraction of sp³-hybridized carbons (Fsp3) is 0.435. The predicted molar refractivity (Wildman–Crippen MR) is 128 cm³/mol. The summed E-state index contributed by atoms with van der Waals surface area (Å²) in [6, 6.07) is 0.750. The van der Waals surface area contributed by atoms with Crippen LogP contribution >= 0.6 is 0 Å². The molecular formula is C23H25F4N5O6S. The normalized spacial score (nSPS) is 21.1. The molecule has 0 bridgehead atoms. The molecule has 0 aliphatic carbocycles. The average Bonchev–Trinajstić information content (AvgIpc) is 3.38. The molecule has 3 heterocycles. The lowest BCUT2D eigenvalue weighted by molar-refractivity contribution is -0.162. The van der Waals surface area contributed by atoms with Crippen LogP contribution < -0.4 is 20.1 Å². The molecule has 2 aromatic rings. The highest BCUT2D eigenvalue weighted by Crippen LogP contribution is 2.35. The first kappa shape index (κ1) is 28.4. The zero-order valence-corrected chi connectivity index (χ0v) is 21.7. The highest BCUT2D eigenvalue weighted by Gasteiger charge is 2.44. The summed E-state index contributed by atoms with van der Waals surface area (Å²) in [6.07, 6.45) is -3.58. The van der Waals surface area contributed by atoms with Crippen molar-refractivity contribution >= 4 is 33.4 Å². The molecule has 0 unspecified atom stereocenters. The fourth-order valence-corrected chi connectivity index (χ4v) is 5.85. The number of amides is 3. The molecule has 16 heteroatoms.